The third-order valence-electron chi connectivity index (χ3n) is 2.11. The number of hydrogen-bond acceptors (Lipinski definition) is 2. The number of hydrogen-bond donors (Lipinski definition) is 1. The highest BCUT2D eigenvalue weighted by molar-refractivity contribution is 6.32. The zero-order valence-electron chi connectivity index (χ0n) is 8.10. The molecule has 0 unspecified atom stereocenters. The molecule has 0 aliphatic rings. The number of para-hydroxylation sites is 1. The number of aliphatic hydroxyl groups is 1. The summed E-state index contributed by atoms with van der Waals surface area (Å²) in [6, 6.07) is 9.39. The first-order valence-electron chi connectivity index (χ1n) is 4.71. The van der Waals surface area contributed by atoms with Crippen molar-refractivity contribution in [3.05, 3.63) is 47.2 Å². The highest BCUT2D eigenvalue weighted by Gasteiger charge is 2.03. The maximum Gasteiger partial charge on any atom is 0.0831 e. The van der Waals surface area contributed by atoms with E-state index >= 15 is 0 Å². The second kappa shape index (κ2) is 4.47. The smallest absolute Gasteiger partial charge is 0.0831 e. The van der Waals surface area contributed by atoms with Crippen LogP contribution in [0.2, 0.25) is 5.02 Å². The molecule has 0 aliphatic heterocycles. The van der Waals surface area contributed by atoms with E-state index in [1.165, 1.54) is 0 Å². The first-order valence-corrected chi connectivity index (χ1v) is 5.09. The molecule has 0 radical (unpaired) electrons. The van der Waals surface area contributed by atoms with Crippen LogP contribution in [-0.2, 0) is 6.42 Å². The molecule has 1 aromatic heterocycles. The lowest BCUT2D eigenvalue weighted by molar-refractivity contribution is 0.298. The van der Waals surface area contributed by atoms with Gasteiger partial charge in [0.25, 0.3) is 0 Å². The second-order valence-electron chi connectivity index (χ2n) is 3.18. The number of aromatic nitrogens is 2. The minimum atomic E-state index is 0.111. The van der Waals surface area contributed by atoms with Crippen molar-refractivity contribution in [3.63, 3.8) is 0 Å². The molecular formula is C11H11ClN2O. The van der Waals surface area contributed by atoms with Gasteiger partial charge >= 0.3 is 0 Å². The number of benzene rings is 1. The first kappa shape index (κ1) is 10.2. The van der Waals surface area contributed by atoms with Crippen molar-refractivity contribution in [1.29, 1.82) is 0 Å². The van der Waals surface area contributed by atoms with E-state index in [4.69, 9.17) is 16.7 Å². The van der Waals surface area contributed by atoms with Crippen LogP contribution >= 0.6 is 11.6 Å². The van der Waals surface area contributed by atoms with Crippen molar-refractivity contribution >= 4 is 11.6 Å². The molecule has 0 spiro atoms. The maximum absolute atomic E-state index is 8.78. The largest absolute Gasteiger partial charge is 0.396 e. The maximum atomic E-state index is 8.78. The van der Waals surface area contributed by atoms with Crippen molar-refractivity contribution in [3.8, 4) is 5.69 Å². The molecule has 1 aromatic carbocycles. The zero-order chi connectivity index (χ0) is 10.7. The molecular weight excluding hydrogens is 212 g/mol. The molecule has 0 bridgehead atoms. The highest BCUT2D eigenvalue weighted by atomic mass is 35.5. The van der Waals surface area contributed by atoms with Crippen molar-refractivity contribution in [2.75, 3.05) is 6.61 Å². The van der Waals surface area contributed by atoms with Crippen LogP contribution in [0.25, 0.3) is 5.69 Å². The van der Waals surface area contributed by atoms with Crippen molar-refractivity contribution in [1.82, 2.24) is 9.78 Å². The van der Waals surface area contributed by atoms with Gasteiger partial charge in [0.2, 0.25) is 0 Å². The normalized spacial score (nSPS) is 10.5. The Balaban J connectivity index is 2.33. The van der Waals surface area contributed by atoms with Crippen molar-refractivity contribution in [2.24, 2.45) is 0 Å². The number of rotatable bonds is 3. The first-order chi connectivity index (χ1) is 7.31. The van der Waals surface area contributed by atoms with Crippen LogP contribution in [-0.4, -0.2) is 21.5 Å². The fraction of sp³-hybridized carbons (Fsp3) is 0.182. The Bertz CT molecular complexity index is 453. The van der Waals surface area contributed by atoms with E-state index < -0.39 is 0 Å². The van der Waals surface area contributed by atoms with Crippen LogP contribution in [0.3, 0.4) is 0 Å². The Morgan fingerprint density at radius 1 is 1.27 bits per heavy atom. The Morgan fingerprint density at radius 3 is 2.80 bits per heavy atom. The van der Waals surface area contributed by atoms with Crippen LogP contribution in [0.4, 0.5) is 0 Å². The number of aliphatic hydroxyl groups excluding tert-OH is 1. The van der Waals surface area contributed by atoms with Gasteiger partial charge in [-0.25, -0.2) is 4.68 Å². The summed E-state index contributed by atoms with van der Waals surface area (Å²) in [6.07, 6.45) is 2.41. The molecule has 2 rings (SSSR count). The van der Waals surface area contributed by atoms with Gasteiger partial charge in [0.15, 0.2) is 0 Å². The Labute approximate surface area is 92.9 Å². The summed E-state index contributed by atoms with van der Waals surface area (Å²) in [5, 5.41) is 13.7. The lowest BCUT2D eigenvalue weighted by Gasteiger charge is -2.02. The van der Waals surface area contributed by atoms with E-state index in [1.54, 1.807) is 4.68 Å². The average molecular weight is 223 g/mol. The van der Waals surface area contributed by atoms with Crippen LogP contribution < -0.4 is 0 Å². The molecule has 0 aliphatic carbocycles. The fourth-order valence-electron chi connectivity index (χ4n) is 1.38. The summed E-state index contributed by atoms with van der Waals surface area (Å²) in [5.74, 6) is 0. The average Bonchev–Trinajstić information content (AvgIpc) is 2.68. The van der Waals surface area contributed by atoms with Gasteiger partial charge < -0.3 is 5.11 Å². The van der Waals surface area contributed by atoms with Crippen LogP contribution in [0.15, 0.2) is 36.5 Å². The molecule has 4 heteroatoms. The van der Waals surface area contributed by atoms with E-state index in [0.717, 1.165) is 11.4 Å². The van der Waals surface area contributed by atoms with E-state index in [2.05, 4.69) is 5.10 Å². The van der Waals surface area contributed by atoms with Crippen LogP contribution in [0.1, 0.15) is 5.69 Å². The third-order valence-corrected chi connectivity index (χ3v) is 2.43. The quantitative estimate of drug-likeness (QED) is 0.864. The summed E-state index contributed by atoms with van der Waals surface area (Å²) < 4.78 is 1.72. The minimum absolute atomic E-state index is 0.111. The standard InChI is InChI=1S/C11H11ClN2O/c12-10-3-1-2-4-11(10)14-7-5-9(13-14)6-8-15/h1-5,7,15H,6,8H2. The van der Waals surface area contributed by atoms with E-state index in [1.807, 2.05) is 36.5 Å². The van der Waals surface area contributed by atoms with Gasteiger partial charge in [-0.1, -0.05) is 23.7 Å². The van der Waals surface area contributed by atoms with E-state index in [-0.39, 0.29) is 6.61 Å². The van der Waals surface area contributed by atoms with Crippen molar-refractivity contribution in [2.45, 2.75) is 6.42 Å². The van der Waals surface area contributed by atoms with Gasteiger partial charge in [-0.2, -0.15) is 5.10 Å². The predicted octanol–water partition coefficient (Wildman–Crippen LogP) is 2.06. The molecule has 78 valence electrons. The van der Waals surface area contributed by atoms with Crippen LogP contribution in [0, 0.1) is 0 Å². The molecule has 0 atom stereocenters. The number of nitrogens with zero attached hydrogens (tertiary/aromatic N) is 2. The lowest BCUT2D eigenvalue weighted by Crippen LogP contribution is -1.98. The summed E-state index contributed by atoms with van der Waals surface area (Å²) in [4.78, 5) is 0. The van der Waals surface area contributed by atoms with Gasteiger partial charge in [0.05, 0.1) is 16.4 Å². The topological polar surface area (TPSA) is 38.0 Å². The number of halogens is 1. The Kier molecular flexibility index (Phi) is 3.04. The molecule has 2 aromatic rings. The summed E-state index contributed by atoms with van der Waals surface area (Å²) >= 11 is 6.03. The van der Waals surface area contributed by atoms with Crippen molar-refractivity contribution < 1.29 is 5.11 Å². The predicted molar refractivity (Wildman–Crippen MR) is 59.4 cm³/mol. The molecule has 0 amide bonds. The van der Waals surface area contributed by atoms with Gasteiger partial charge in [-0.3, -0.25) is 0 Å². The molecule has 0 saturated heterocycles. The Hall–Kier alpha value is -1.32. The summed E-state index contributed by atoms with van der Waals surface area (Å²) in [5.41, 5.74) is 1.71. The second-order valence-corrected chi connectivity index (χ2v) is 3.58. The van der Waals surface area contributed by atoms with E-state index in [9.17, 15) is 0 Å². The third kappa shape index (κ3) is 2.19. The van der Waals surface area contributed by atoms with Gasteiger partial charge in [-0.15, -0.1) is 0 Å². The van der Waals surface area contributed by atoms with E-state index in [0.29, 0.717) is 11.4 Å². The van der Waals surface area contributed by atoms with Gasteiger partial charge in [0.1, 0.15) is 0 Å². The van der Waals surface area contributed by atoms with Gasteiger partial charge in [0, 0.05) is 19.2 Å². The molecule has 1 heterocycles. The molecule has 0 saturated carbocycles. The lowest BCUT2D eigenvalue weighted by atomic mass is 10.3. The fourth-order valence-corrected chi connectivity index (χ4v) is 1.60. The highest BCUT2D eigenvalue weighted by Crippen LogP contribution is 2.18. The summed E-state index contributed by atoms with van der Waals surface area (Å²) in [6.45, 7) is 0.111. The van der Waals surface area contributed by atoms with Gasteiger partial charge in [-0.05, 0) is 18.2 Å². The molecule has 15 heavy (non-hydrogen) atoms. The summed E-state index contributed by atoms with van der Waals surface area (Å²) in [7, 11) is 0. The molecule has 0 fully saturated rings. The minimum Gasteiger partial charge on any atom is -0.396 e. The van der Waals surface area contributed by atoms with Crippen LogP contribution in [0.5, 0.6) is 0 Å². The monoisotopic (exact) mass is 222 g/mol. The zero-order valence-corrected chi connectivity index (χ0v) is 8.85. The molecule has 3 nitrogen and oxygen atoms in total. The molecule has 1 N–H and O–H groups in total. The Morgan fingerprint density at radius 2 is 2.07 bits per heavy atom. The SMILES string of the molecule is OCCc1ccn(-c2ccccc2Cl)n1.